The third kappa shape index (κ3) is 2.56. The molecule has 0 saturated heterocycles. The summed E-state index contributed by atoms with van der Waals surface area (Å²) in [6.07, 6.45) is -1.51. The highest BCUT2D eigenvalue weighted by Crippen LogP contribution is 2.50. The van der Waals surface area contributed by atoms with Crippen molar-refractivity contribution in [2.75, 3.05) is 13.7 Å². The SMILES string of the molecule is COc1cccc2c1C(=O)c1c(O)c3c(c(O)c1C2=O)CC(C(=O)CO)C[C@@H]3O. The number of phenols is 2. The van der Waals surface area contributed by atoms with Crippen molar-refractivity contribution in [1.82, 2.24) is 0 Å². The zero-order valence-corrected chi connectivity index (χ0v) is 15.4. The second-order valence-corrected chi connectivity index (χ2v) is 7.16. The minimum absolute atomic E-state index is 0.0239. The Morgan fingerprint density at radius 2 is 1.79 bits per heavy atom. The molecule has 0 amide bonds. The van der Waals surface area contributed by atoms with Crippen molar-refractivity contribution < 1.29 is 39.5 Å². The van der Waals surface area contributed by atoms with E-state index < -0.39 is 53.0 Å². The molecule has 29 heavy (non-hydrogen) atoms. The molecule has 0 aliphatic heterocycles. The molecule has 0 radical (unpaired) electrons. The highest BCUT2D eigenvalue weighted by Gasteiger charge is 2.42. The van der Waals surface area contributed by atoms with Crippen LogP contribution in [0.1, 0.15) is 55.5 Å². The molecule has 1 unspecified atom stereocenters. The first-order valence-corrected chi connectivity index (χ1v) is 9.00. The van der Waals surface area contributed by atoms with E-state index in [1.807, 2.05) is 0 Å². The topological polar surface area (TPSA) is 141 Å². The number of ketones is 3. The fourth-order valence-electron chi connectivity index (χ4n) is 4.28. The van der Waals surface area contributed by atoms with Gasteiger partial charge >= 0.3 is 0 Å². The standard InChI is InChI=1S/C21H18O8/c1-29-13-4-2-3-9-15(13)21(28)17-16(18(9)25)19(26)10-5-8(12(24)7-22)6-11(23)14(10)20(17)27/h2-4,8,11,22-23,26-27H,5-7H2,1H3/t8?,11-/m0/s1. The number of carbonyl (C=O) groups excluding carboxylic acids is 3. The lowest BCUT2D eigenvalue weighted by molar-refractivity contribution is -0.127. The van der Waals surface area contributed by atoms with Crippen LogP contribution in [0.2, 0.25) is 0 Å². The van der Waals surface area contributed by atoms with E-state index in [0.29, 0.717) is 0 Å². The number of hydrogen-bond acceptors (Lipinski definition) is 8. The molecule has 150 valence electrons. The van der Waals surface area contributed by atoms with Crippen LogP contribution in [0, 0.1) is 5.92 Å². The van der Waals surface area contributed by atoms with E-state index in [1.165, 1.54) is 25.3 Å². The Labute approximate surface area is 165 Å². The maximum atomic E-state index is 13.1. The molecule has 0 fully saturated rings. The lowest BCUT2D eigenvalue weighted by Crippen LogP contribution is -2.30. The molecule has 8 nitrogen and oxygen atoms in total. The van der Waals surface area contributed by atoms with Gasteiger partial charge in [0.1, 0.15) is 23.9 Å². The van der Waals surface area contributed by atoms with Crippen LogP contribution in [0.15, 0.2) is 18.2 Å². The van der Waals surface area contributed by atoms with Crippen LogP contribution in [-0.4, -0.2) is 51.5 Å². The number of Topliss-reactive ketones (excluding diaryl/α,β-unsaturated/α-hetero) is 1. The second kappa shape index (κ2) is 6.68. The molecule has 8 heteroatoms. The number of fused-ring (bicyclic) bond motifs is 3. The van der Waals surface area contributed by atoms with E-state index >= 15 is 0 Å². The minimum atomic E-state index is -1.35. The molecule has 2 aliphatic carbocycles. The molecule has 0 saturated carbocycles. The second-order valence-electron chi connectivity index (χ2n) is 7.16. The number of methoxy groups -OCH3 is 1. The molecule has 4 N–H and O–H groups in total. The average Bonchev–Trinajstić information content (AvgIpc) is 2.72. The Hall–Kier alpha value is -3.23. The summed E-state index contributed by atoms with van der Waals surface area (Å²) >= 11 is 0. The molecule has 0 heterocycles. The van der Waals surface area contributed by atoms with Crippen LogP contribution < -0.4 is 4.74 Å². The Morgan fingerprint density at radius 1 is 1.10 bits per heavy atom. The Kier molecular flexibility index (Phi) is 4.40. The van der Waals surface area contributed by atoms with E-state index in [4.69, 9.17) is 9.84 Å². The van der Waals surface area contributed by atoms with E-state index in [9.17, 15) is 29.7 Å². The maximum absolute atomic E-state index is 13.1. The molecule has 2 atom stereocenters. The lowest BCUT2D eigenvalue weighted by Gasteiger charge is -2.32. The van der Waals surface area contributed by atoms with Crippen molar-refractivity contribution in [3.05, 3.63) is 51.6 Å². The molecule has 2 aromatic rings. The number of ether oxygens (including phenoxy) is 1. The largest absolute Gasteiger partial charge is 0.507 e. The molecular formula is C21H18O8. The molecule has 2 aromatic carbocycles. The highest BCUT2D eigenvalue weighted by molar-refractivity contribution is 6.31. The fourth-order valence-corrected chi connectivity index (χ4v) is 4.28. The van der Waals surface area contributed by atoms with Gasteiger partial charge in [0.05, 0.1) is 29.9 Å². The zero-order valence-electron chi connectivity index (χ0n) is 15.4. The van der Waals surface area contributed by atoms with Gasteiger partial charge in [0.25, 0.3) is 0 Å². The van der Waals surface area contributed by atoms with Gasteiger partial charge in [-0.05, 0) is 18.9 Å². The summed E-state index contributed by atoms with van der Waals surface area (Å²) in [6, 6.07) is 4.46. The van der Waals surface area contributed by atoms with Crippen molar-refractivity contribution in [3.63, 3.8) is 0 Å². The number of aliphatic hydroxyl groups is 2. The van der Waals surface area contributed by atoms with E-state index in [-0.39, 0.29) is 46.4 Å². The van der Waals surface area contributed by atoms with Crippen molar-refractivity contribution in [2.45, 2.75) is 18.9 Å². The van der Waals surface area contributed by atoms with Crippen molar-refractivity contribution in [3.8, 4) is 17.2 Å². The van der Waals surface area contributed by atoms with Crippen molar-refractivity contribution in [1.29, 1.82) is 0 Å². The summed E-state index contributed by atoms with van der Waals surface area (Å²) in [5.41, 5.74) is -0.816. The van der Waals surface area contributed by atoms with E-state index in [0.717, 1.165) is 0 Å². The predicted octanol–water partition coefficient (Wildman–Crippen LogP) is 1.04. The third-order valence-corrected chi connectivity index (χ3v) is 5.66. The van der Waals surface area contributed by atoms with Gasteiger partial charge in [-0.1, -0.05) is 12.1 Å². The zero-order chi connectivity index (χ0) is 21.0. The predicted molar refractivity (Wildman–Crippen MR) is 98.5 cm³/mol. The van der Waals surface area contributed by atoms with Gasteiger partial charge in [0, 0.05) is 22.6 Å². The first kappa shape index (κ1) is 19.1. The van der Waals surface area contributed by atoms with Crippen LogP contribution in [-0.2, 0) is 11.2 Å². The van der Waals surface area contributed by atoms with Crippen LogP contribution in [0.4, 0.5) is 0 Å². The normalized spacial score (nSPS) is 20.0. The van der Waals surface area contributed by atoms with E-state index in [1.54, 1.807) is 0 Å². The summed E-state index contributed by atoms with van der Waals surface area (Å²) < 4.78 is 5.18. The Balaban J connectivity index is 1.98. The van der Waals surface area contributed by atoms with Crippen LogP contribution in [0.25, 0.3) is 0 Å². The summed E-state index contributed by atoms with van der Waals surface area (Å²) in [7, 11) is 1.34. The molecule has 2 aliphatic rings. The number of hydrogen-bond donors (Lipinski definition) is 4. The van der Waals surface area contributed by atoms with Crippen molar-refractivity contribution >= 4 is 17.3 Å². The monoisotopic (exact) mass is 398 g/mol. The maximum Gasteiger partial charge on any atom is 0.202 e. The number of benzene rings is 2. The van der Waals surface area contributed by atoms with Gasteiger partial charge in [-0.15, -0.1) is 0 Å². The van der Waals surface area contributed by atoms with Crippen molar-refractivity contribution in [2.24, 2.45) is 5.92 Å². The quantitative estimate of drug-likeness (QED) is 0.480. The summed E-state index contributed by atoms with van der Waals surface area (Å²) in [5, 5.41) is 41.3. The van der Waals surface area contributed by atoms with Gasteiger partial charge in [-0.2, -0.15) is 0 Å². The van der Waals surface area contributed by atoms with Gasteiger partial charge in [-0.3, -0.25) is 14.4 Å². The van der Waals surface area contributed by atoms with Crippen LogP contribution in [0.3, 0.4) is 0 Å². The molecule has 0 spiro atoms. The smallest absolute Gasteiger partial charge is 0.202 e. The number of phenolic OH excluding ortho intramolecular Hbond substituents is 2. The Bertz CT molecular complexity index is 1080. The number of aliphatic hydroxyl groups excluding tert-OH is 2. The lowest BCUT2D eigenvalue weighted by atomic mass is 9.74. The summed E-state index contributed by atoms with van der Waals surface area (Å²) in [6.45, 7) is -0.727. The highest BCUT2D eigenvalue weighted by atomic mass is 16.5. The van der Waals surface area contributed by atoms with Gasteiger partial charge in [-0.25, -0.2) is 0 Å². The fraction of sp³-hybridized carbons (Fsp3) is 0.286. The molecule has 0 bridgehead atoms. The average molecular weight is 398 g/mol. The molecule has 0 aromatic heterocycles. The van der Waals surface area contributed by atoms with Crippen LogP contribution >= 0.6 is 0 Å². The Morgan fingerprint density at radius 3 is 2.45 bits per heavy atom. The first-order chi connectivity index (χ1) is 13.8. The first-order valence-electron chi connectivity index (χ1n) is 9.00. The van der Waals surface area contributed by atoms with E-state index in [2.05, 4.69) is 0 Å². The third-order valence-electron chi connectivity index (χ3n) is 5.66. The van der Waals surface area contributed by atoms with Gasteiger partial charge < -0.3 is 25.2 Å². The van der Waals surface area contributed by atoms with Gasteiger partial charge in [0.2, 0.25) is 5.78 Å². The summed E-state index contributed by atoms with van der Waals surface area (Å²) in [4.78, 5) is 38.1. The molecule has 4 rings (SSSR count). The number of carbonyl (C=O) groups is 3. The number of rotatable bonds is 3. The molecular weight excluding hydrogens is 380 g/mol. The summed E-state index contributed by atoms with van der Waals surface area (Å²) in [5.74, 6) is -3.68. The minimum Gasteiger partial charge on any atom is -0.507 e. The number of aromatic hydroxyl groups is 2. The van der Waals surface area contributed by atoms with Gasteiger partial charge in [0.15, 0.2) is 11.6 Å². The van der Waals surface area contributed by atoms with Crippen LogP contribution in [0.5, 0.6) is 17.2 Å².